The van der Waals surface area contributed by atoms with E-state index >= 15 is 0 Å². The third-order valence-electron chi connectivity index (χ3n) is 4.70. The Kier molecular flexibility index (Phi) is 3.81. The molecule has 116 valence electrons. The van der Waals surface area contributed by atoms with Gasteiger partial charge in [0, 0.05) is 53.6 Å². The summed E-state index contributed by atoms with van der Waals surface area (Å²) >= 11 is 2.34. The van der Waals surface area contributed by atoms with E-state index in [1.165, 1.54) is 8.96 Å². The van der Waals surface area contributed by atoms with Crippen LogP contribution in [0.2, 0.25) is 0 Å². The lowest BCUT2D eigenvalue weighted by Crippen LogP contribution is -2.40. The molecule has 1 unspecified atom stereocenters. The predicted octanol–water partition coefficient (Wildman–Crippen LogP) is 2.59. The Hall–Kier alpha value is -1.15. The van der Waals surface area contributed by atoms with E-state index in [-0.39, 0.29) is 11.9 Å². The number of hydrogen-bond acceptors (Lipinski definition) is 3. The average Bonchev–Trinajstić information content (AvgIpc) is 3.09. The fourth-order valence-electron chi connectivity index (χ4n) is 3.57. The SMILES string of the molecule is O=C1CC(n2cc(I)c3cccnc32)CN1C1CCOCC1. The number of pyridine rings is 1. The van der Waals surface area contributed by atoms with E-state index < -0.39 is 0 Å². The highest BCUT2D eigenvalue weighted by molar-refractivity contribution is 14.1. The van der Waals surface area contributed by atoms with Gasteiger partial charge in [-0.1, -0.05) is 0 Å². The van der Waals surface area contributed by atoms with Gasteiger partial charge in [0.1, 0.15) is 5.65 Å². The van der Waals surface area contributed by atoms with Crippen LogP contribution >= 0.6 is 22.6 Å². The monoisotopic (exact) mass is 411 g/mol. The highest BCUT2D eigenvalue weighted by Crippen LogP contribution is 2.32. The number of fused-ring (bicyclic) bond motifs is 1. The molecule has 0 spiro atoms. The summed E-state index contributed by atoms with van der Waals surface area (Å²) in [5.41, 5.74) is 0.985. The van der Waals surface area contributed by atoms with E-state index in [4.69, 9.17) is 4.74 Å². The number of aromatic nitrogens is 2. The maximum absolute atomic E-state index is 12.4. The molecule has 0 saturated carbocycles. The number of nitrogens with zero attached hydrogens (tertiary/aromatic N) is 3. The van der Waals surface area contributed by atoms with Crippen LogP contribution in [0.15, 0.2) is 24.5 Å². The molecule has 2 aliphatic rings. The van der Waals surface area contributed by atoms with Crippen molar-refractivity contribution in [1.82, 2.24) is 14.5 Å². The van der Waals surface area contributed by atoms with Crippen molar-refractivity contribution < 1.29 is 9.53 Å². The molecule has 2 saturated heterocycles. The Morgan fingerprint density at radius 2 is 2.09 bits per heavy atom. The molecule has 2 aromatic heterocycles. The molecule has 0 aliphatic carbocycles. The molecular weight excluding hydrogens is 393 g/mol. The topological polar surface area (TPSA) is 47.4 Å². The van der Waals surface area contributed by atoms with Crippen molar-refractivity contribution in [2.45, 2.75) is 31.3 Å². The van der Waals surface area contributed by atoms with Crippen LogP contribution in [0.4, 0.5) is 0 Å². The summed E-state index contributed by atoms with van der Waals surface area (Å²) in [6.45, 7) is 2.33. The van der Waals surface area contributed by atoms with E-state index in [0.717, 1.165) is 38.2 Å². The molecule has 2 aliphatic heterocycles. The number of rotatable bonds is 2. The van der Waals surface area contributed by atoms with Gasteiger partial charge in [0.25, 0.3) is 0 Å². The van der Waals surface area contributed by atoms with Crippen LogP contribution in [0, 0.1) is 3.57 Å². The van der Waals surface area contributed by atoms with Gasteiger partial charge in [-0.3, -0.25) is 4.79 Å². The maximum atomic E-state index is 12.4. The lowest BCUT2D eigenvalue weighted by Gasteiger charge is -2.31. The van der Waals surface area contributed by atoms with Gasteiger partial charge >= 0.3 is 0 Å². The van der Waals surface area contributed by atoms with Crippen molar-refractivity contribution in [2.75, 3.05) is 19.8 Å². The van der Waals surface area contributed by atoms with Gasteiger partial charge in [0.05, 0.1) is 6.04 Å². The quantitative estimate of drug-likeness (QED) is 0.714. The van der Waals surface area contributed by atoms with Crippen LogP contribution in [-0.2, 0) is 9.53 Å². The molecule has 1 amide bonds. The molecule has 2 aromatic rings. The van der Waals surface area contributed by atoms with E-state index in [0.29, 0.717) is 12.5 Å². The lowest BCUT2D eigenvalue weighted by molar-refractivity contribution is -0.131. The molecule has 22 heavy (non-hydrogen) atoms. The fraction of sp³-hybridized carbons (Fsp3) is 0.500. The summed E-state index contributed by atoms with van der Waals surface area (Å²) in [4.78, 5) is 19.0. The summed E-state index contributed by atoms with van der Waals surface area (Å²) in [7, 11) is 0. The summed E-state index contributed by atoms with van der Waals surface area (Å²) in [5.74, 6) is 0.268. The minimum absolute atomic E-state index is 0.191. The van der Waals surface area contributed by atoms with Crippen LogP contribution in [0.25, 0.3) is 11.0 Å². The van der Waals surface area contributed by atoms with E-state index in [1.807, 2.05) is 12.3 Å². The summed E-state index contributed by atoms with van der Waals surface area (Å²) in [6, 6.07) is 4.59. The second kappa shape index (κ2) is 5.81. The Bertz CT molecular complexity index is 708. The van der Waals surface area contributed by atoms with E-state index in [2.05, 4.69) is 49.3 Å². The van der Waals surface area contributed by atoms with Crippen molar-refractivity contribution in [2.24, 2.45) is 0 Å². The number of ether oxygens (including phenoxy) is 1. The zero-order chi connectivity index (χ0) is 15.1. The van der Waals surface area contributed by atoms with Crippen molar-refractivity contribution in [1.29, 1.82) is 0 Å². The zero-order valence-corrected chi connectivity index (χ0v) is 14.4. The van der Waals surface area contributed by atoms with Crippen molar-refractivity contribution >= 4 is 39.5 Å². The molecule has 1 atom stereocenters. The number of hydrogen-bond donors (Lipinski definition) is 0. The van der Waals surface area contributed by atoms with E-state index in [1.54, 1.807) is 0 Å². The third kappa shape index (κ3) is 2.42. The number of likely N-dealkylation sites (tertiary alicyclic amines) is 1. The van der Waals surface area contributed by atoms with Crippen molar-refractivity contribution in [3.05, 3.63) is 28.1 Å². The minimum Gasteiger partial charge on any atom is -0.381 e. The summed E-state index contributed by atoms with van der Waals surface area (Å²) in [6.07, 6.45) is 6.45. The average molecular weight is 411 g/mol. The fourth-order valence-corrected chi connectivity index (χ4v) is 4.29. The predicted molar refractivity (Wildman–Crippen MR) is 91.7 cm³/mol. The highest BCUT2D eigenvalue weighted by atomic mass is 127. The maximum Gasteiger partial charge on any atom is 0.225 e. The van der Waals surface area contributed by atoms with Crippen LogP contribution < -0.4 is 0 Å². The Morgan fingerprint density at radius 1 is 1.27 bits per heavy atom. The van der Waals surface area contributed by atoms with Gasteiger partial charge < -0.3 is 14.2 Å². The molecule has 0 aromatic carbocycles. The second-order valence-electron chi connectivity index (χ2n) is 6.01. The van der Waals surface area contributed by atoms with Gasteiger partial charge in [-0.15, -0.1) is 0 Å². The van der Waals surface area contributed by atoms with Crippen molar-refractivity contribution in [3.8, 4) is 0 Å². The van der Waals surface area contributed by atoms with Crippen LogP contribution in [0.3, 0.4) is 0 Å². The van der Waals surface area contributed by atoms with Gasteiger partial charge in [-0.25, -0.2) is 4.98 Å². The first-order valence-corrected chi connectivity index (χ1v) is 8.80. The largest absolute Gasteiger partial charge is 0.381 e. The normalized spacial score (nSPS) is 23.6. The molecule has 5 nitrogen and oxygen atoms in total. The molecule has 2 fully saturated rings. The lowest BCUT2D eigenvalue weighted by atomic mass is 10.1. The van der Waals surface area contributed by atoms with E-state index in [9.17, 15) is 4.79 Å². The highest BCUT2D eigenvalue weighted by Gasteiger charge is 2.36. The number of carbonyl (C=O) groups excluding carboxylic acids is 1. The van der Waals surface area contributed by atoms with Gasteiger partial charge in [-0.2, -0.15) is 0 Å². The zero-order valence-electron chi connectivity index (χ0n) is 12.2. The van der Waals surface area contributed by atoms with Crippen LogP contribution in [-0.4, -0.2) is 46.2 Å². The van der Waals surface area contributed by atoms with Crippen molar-refractivity contribution in [3.63, 3.8) is 0 Å². The number of amides is 1. The Labute approximate surface area is 142 Å². The number of carbonyl (C=O) groups is 1. The molecule has 4 rings (SSSR count). The first kappa shape index (κ1) is 14.4. The molecular formula is C16H18IN3O2. The Balaban J connectivity index is 1.62. The first-order valence-electron chi connectivity index (χ1n) is 7.72. The molecule has 0 bridgehead atoms. The van der Waals surface area contributed by atoms with Gasteiger partial charge in [-0.05, 0) is 47.6 Å². The summed E-state index contributed by atoms with van der Waals surface area (Å²) in [5, 5.41) is 1.17. The second-order valence-corrected chi connectivity index (χ2v) is 7.17. The smallest absolute Gasteiger partial charge is 0.225 e. The summed E-state index contributed by atoms with van der Waals surface area (Å²) < 4.78 is 8.79. The first-order chi connectivity index (χ1) is 10.7. The van der Waals surface area contributed by atoms with Gasteiger partial charge in [0.15, 0.2) is 0 Å². The Morgan fingerprint density at radius 3 is 2.91 bits per heavy atom. The minimum atomic E-state index is 0.191. The number of halogens is 1. The van der Waals surface area contributed by atoms with Gasteiger partial charge in [0.2, 0.25) is 5.91 Å². The molecule has 0 radical (unpaired) electrons. The molecule has 6 heteroatoms. The van der Waals surface area contributed by atoms with Crippen LogP contribution in [0.1, 0.15) is 25.3 Å². The standard InChI is InChI=1S/C16H18IN3O2/c17-14-10-20(16-13(14)2-1-5-18-16)12-8-15(21)19(9-12)11-3-6-22-7-4-11/h1-2,5,10-12H,3-4,6-9H2. The third-order valence-corrected chi connectivity index (χ3v) is 5.56. The molecule has 0 N–H and O–H groups in total. The van der Waals surface area contributed by atoms with Crippen LogP contribution in [0.5, 0.6) is 0 Å². The molecule has 4 heterocycles.